The summed E-state index contributed by atoms with van der Waals surface area (Å²) in [6.07, 6.45) is 2.76. The lowest BCUT2D eigenvalue weighted by molar-refractivity contribution is -0.122. The van der Waals surface area contributed by atoms with Crippen LogP contribution >= 0.6 is 11.3 Å². The first-order valence-electron chi connectivity index (χ1n) is 7.51. The van der Waals surface area contributed by atoms with Gasteiger partial charge in [0.1, 0.15) is 0 Å². The number of carbonyl (C=O) groups excluding carboxylic acids is 2. The van der Waals surface area contributed by atoms with Crippen molar-refractivity contribution in [1.82, 2.24) is 15.5 Å². The van der Waals surface area contributed by atoms with Crippen LogP contribution in [0.5, 0.6) is 0 Å². The van der Waals surface area contributed by atoms with Crippen molar-refractivity contribution >= 4 is 23.2 Å². The fourth-order valence-electron chi connectivity index (χ4n) is 2.42. The molecule has 2 N–H and O–H groups in total. The summed E-state index contributed by atoms with van der Waals surface area (Å²) >= 11 is 1.53. The second-order valence-electron chi connectivity index (χ2n) is 5.39. The van der Waals surface area contributed by atoms with E-state index in [4.69, 9.17) is 0 Å². The third-order valence-corrected chi connectivity index (χ3v) is 4.33. The highest BCUT2D eigenvalue weighted by atomic mass is 32.1. The Labute approximate surface area is 129 Å². The molecule has 2 amide bonds. The van der Waals surface area contributed by atoms with Gasteiger partial charge in [-0.1, -0.05) is 6.92 Å². The second kappa shape index (κ2) is 8.14. The topological polar surface area (TPSA) is 61.4 Å². The number of hydrogen-bond acceptors (Lipinski definition) is 4. The number of amides is 2. The van der Waals surface area contributed by atoms with Crippen LogP contribution in [-0.2, 0) is 4.79 Å². The van der Waals surface area contributed by atoms with Gasteiger partial charge in [0, 0.05) is 36.6 Å². The minimum Gasteiger partial charge on any atom is -0.355 e. The Kier molecular flexibility index (Phi) is 6.20. The minimum atomic E-state index is 0.00962. The average molecular weight is 309 g/mol. The summed E-state index contributed by atoms with van der Waals surface area (Å²) in [5.41, 5.74) is 0.737. The summed E-state index contributed by atoms with van der Waals surface area (Å²) in [5, 5.41) is 9.74. The monoisotopic (exact) mass is 309 g/mol. The summed E-state index contributed by atoms with van der Waals surface area (Å²) in [5.74, 6) is 0.105. The van der Waals surface area contributed by atoms with Crippen molar-refractivity contribution in [2.75, 3.05) is 26.2 Å². The molecule has 1 aromatic rings. The molecule has 0 saturated carbocycles. The molecule has 1 saturated heterocycles. The predicted molar refractivity (Wildman–Crippen MR) is 84.5 cm³/mol. The lowest BCUT2D eigenvalue weighted by Crippen LogP contribution is -2.47. The van der Waals surface area contributed by atoms with Crippen molar-refractivity contribution in [3.05, 3.63) is 22.4 Å². The van der Waals surface area contributed by atoms with Crippen LogP contribution in [-0.4, -0.2) is 48.9 Å². The SMILES string of the molecule is CCCNC(=O)CN1CCC(NC(=O)c2ccsc2)CC1. The van der Waals surface area contributed by atoms with Crippen LogP contribution in [0, 0.1) is 0 Å². The van der Waals surface area contributed by atoms with Crippen LogP contribution in [0.15, 0.2) is 16.8 Å². The van der Waals surface area contributed by atoms with Gasteiger partial charge in [-0.25, -0.2) is 0 Å². The van der Waals surface area contributed by atoms with Gasteiger partial charge in [-0.3, -0.25) is 14.5 Å². The van der Waals surface area contributed by atoms with Gasteiger partial charge in [0.15, 0.2) is 0 Å². The Balaban J connectivity index is 1.68. The number of hydrogen-bond donors (Lipinski definition) is 2. The molecule has 2 rings (SSSR count). The highest BCUT2D eigenvalue weighted by Crippen LogP contribution is 2.12. The van der Waals surface area contributed by atoms with E-state index in [1.165, 1.54) is 11.3 Å². The molecule has 21 heavy (non-hydrogen) atoms. The summed E-state index contributed by atoms with van der Waals surface area (Å²) in [6.45, 7) is 4.96. The first kappa shape index (κ1) is 16.0. The van der Waals surface area contributed by atoms with Crippen molar-refractivity contribution in [2.24, 2.45) is 0 Å². The quantitative estimate of drug-likeness (QED) is 0.836. The fourth-order valence-corrected chi connectivity index (χ4v) is 3.06. The Hall–Kier alpha value is -1.40. The van der Waals surface area contributed by atoms with E-state index in [1.54, 1.807) is 0 Å². The Morgan fingerprint density at radius 3 is 2.76 bits per heavy atom. The molecule has 0 unspecified atom stereocenters. The maximum atomic E-state index is 12.0. The van der Waals surface area contributed by atoms with Gasteiger partial charge in [-0.2, -0.15) is 11.3 Å². The van der Waals surface area contributed by atoms with E-state index in [0.29, 0.717) is 6.54 Å². The summed E-state index contributed by atoms with van der Waals surface area (Å²) in [6, 6.07) is 2.06. The molecule has 1 aromatic heterocycles. The van der Waals surface area contributed by atoms with Gasteiger partial charge >= 0.3 is 0 Å². The third kappa shape index (κ3) is 5.13. The highest BCUT2D eigenvalue weighted by molar-refractivity contribution is 7.08. The molecule has 0 aromatic carbocycles. The number of rotatable bonds is 6. The smallest absolute Gasteiger partial charge is 0.252 e. The van der Waals surface area contributed by atoms with Gasteiger partial charge < -0.3 is 10.6 Å². The number of likely N-dealkylation sites (tertiary alicyclic amines) is 1. The fraction of sp³-hybridized carbons (Fsp3) is 0.600. The van der Waals surface area contributed by atoms with E-state index in [1.807, 2.05) is 23.8 Å². The van der Waals surface area contributed by atoms with Gasteiger partial charge in [0.05, 0.1) is 6.54 Å². The molecule has 0 radical (unpaired) electrons. The zero-order valence-electron chi connectivity index (χ0n) is 12.4. The molecule has 1 fully saturated rings. The first-order chi connectivity index (χ1) is 10.2. The number of piperidine rings is 1. The van der Waals surface area contributed by atoms with Crippen molar-refractivity contribution in [3.63, 3.8) is 0 Å². The van der Waals surface area contributed by atoms with Crippen molar-refractivity contribution in [1.29, 1.82) is 0 Å². The maximum absolute atomic E-state index is 12.0. The normalized spacial score (nSPS) is 16.6. The summed E-state index contributed by atoms with van der Waals surface area (Å²) in [7, 11) is 0. The van der Waals surface area contributed by atoms with Gasteiger partial charge in [0.2, 0.25) is 5.91 Å². The van der Waals surface area contributed by atoms with E-state index in [2.05, 4.69) is 15.5 Å². The van der Waals surface area contributed by atoms with Crippen molar-refractivity contribution in [3.8, 4) is 0 Å². The van der Waals surface area contributed by atoms with Crippen LogP contribution in [0.25, 0.3) is 0 Å². The Bertz CT molecular complexity index is 453. The molecular weight excluding hydrogens is 286 g/mol. The first-order valence-corrected chi connectivity index (χ1v) is 8.45. The van der Waals surface area contributed by atoms with Crippen LogP contribution in [0.2, 0.25) is 0 Å². The van der Waals surface area contributed by atoms with E-state index in [0.717, 1.165) is 44.5 Å². The van der Waals surface area contributed by atoms with E-state index < -0.39 is 0 Å². The van der Waals surface area contributed by atoms with Gasteiger partial charge in [0.25, 0.3) is 5.91 Å². The van der Waals surface area contributed by atoms with E-state index >= 15 is 0 Å². The molecule has 0 atom stereocenters. The van der Waals surface area contributed by atoms with Gasteiger partial charge in [-0.05, 0) is 30.7 Å². The molecular formula is C15H23N3O2S. The van der Waals surface area contributed by atoms with Crippen LogP contribution < -0.4 is 10.6 Å². The van der Waals surface area contributed by atoms with Gasteiger partial charge in [-0.15, -0.1) is 0 Å². The molecule has 2 heterocycles. The van der Waals surface area contributed by atoms with Crippen LogP contribution in [0.4, 0.5) is 0 Å². The highest BCUT2D eigenvalue weighted by Gasteiger charge is 2.22. The molecule has 5 nitrogen and oxygen atoms in total. The summed E-state index contributed by atoms with van der Waals surface area (Å²) < 4.78 is 0. The van der Waals surface area contributed by atoms with E-state index in [9.17, 15) is 9.59 Å². The molecule has 6 heteroatoms. The number of nitrogens with one attached hydrogen (secondary N) is 2. The summed E-state index contributed by atoms with van der Waals surface area (Å²) in [4.78, 5) is 25.8. The molecule has 0 bridgehead atoms. The van der Waals surface area contributed by atoms with Crippen LogP contribution in [0.1, 0.15) is 36.5 Å². The lowest BCUT2D eigenvalue weighted by Gasteiger charge is -2.31. The maximum Gasteiger partial charge on any atom is 0.252 e. The number of carbonyl (C=O) groups is 2. The molecule has 0 aliphatic carbocycles. The average Bonchev–Trinajstić information content (AvgIpc) is 3.01. The molecule has 1 aliphatic rings. The number of thiophene rings is 1. The second-order valence-corrected chi connectivity index (χ2v) is 6.17. The Morgan fingerprint density at radius 2 is 2.14 bits per heavy atom. The van der Waals surface area contributed by atoms with Crippen LogP contribution in [0.3, 0.4) is 0 Å². The standard InChI is InChI=1S/C15H23N3O2S/c1-2-6-16-14(19)10-18-7-3-13(4-8-18)17-15(20)12-5-9-21-11-12/h5,9,11,13H,2-4,6-8,10H2,1H3,(H,16,19)(H,17,20). The molecule has 1 aliphatic heterocycles. The van der Waals surface area contributed by atoms with Crippen molar-refractivity contribution < 1.29 is 9.59 Å². The van der Waals surface area contributed by atoms with Crippen molar-refractivity contribution in [2.45, 2.75) is 32.2 Å². The Morgan fingerprint density at radius 1 is 1.38 bits per heavy atom. The predicted octanol–water partition coefficient (Wildman–Crippen LogP) is 1.47. The third-order valence-electron chi connectivity index (χ3n) is 3.65. The zero-order chi connectivity index (χ0) is 15.1. The number of nitrogens with zero attached hydrogens (tertiary/aromatic N) is 1. The largest absolute Gasteiger partial charge is 0.355 e. The van der Waals surface area contributed by atoms with E-state index in [-0.39, 0.29) is 17.9 Å². The minimum absolute atomic E-state index is 0.00962. The molecule has 0 spiro atoms. The lowest BCUT2D eigenvalue weighted by atomic mass is 10.0. The zero-order valence-corrected chi connectivity index (χ0v) is 13.2. The molecule has 116 valence electrons.